The molecule has 1 heterocycles. The van der Waals surface area contributed by atoms with Gasteiger partial charge in [0.15, 0.2) is 0 Å². The Hall–Kier alpha value is -1.79. The smallest absolute Gasteiger partial charge is 0.138 e. The lowest BCUT2D eigenvalue weighted by Crippen LogP contribution is -1.99. The van der Waals surface area contributed by atoms with Crippen LogP contribution in [0.15, 0.2) is 24.3 Å². The molecule has 1 unspecified atom stereocenters. The minimum atomic E-state index is -0.0383. The van der Waals surface area contributed by atoms with E-state index >= 15 is 0 Å². The zero-order valence-electron chi connectivity index (χ0n) is 10.3. The van der Waals surface area contributed by atoms with Gasteiger partial charge >= 0.3 is 0 Å². The van der Waals surface area contributed by atoms with Gasteiger partial charge in [0.1, 0.15) is 5.75 Å². The summed E-state index contributed by atoms with van der Waals surface area (Å²) in [6.07, 6.45) is 0.649. The Labute approximate surface area is 111 Å². The van der Waals surface area contributed by atoms with Crippen molar-refractivity contribution in [2.75, 3.05) is 7.11 Å². The van der Waals surface area contributed by atoms with Gasteiger partial charge in [-0.05, 0) is 25.1 Å². The fourth-order valence-corrected chi connectivity index (χ4v) is 2.03. The van der Waals surface area contributed by atoms with Crippen molar-refractivity contribution in [3.8, 4) is 11.8 Å². The molecule has 0 aliphatic rings. The zero-order valence-corrected chi connectivity index (χ0v) is 11.0. The number of nitriles is 1. The Morgan fingerprint density at radius 3 is 2.89 bits per heavy atom. The van der Waals surface area contributed by atoms with Crippen LogP contribution in [-0.4, -0.2) is 12.1 Å². The molecule has 0 N–H and O–H groups in total. The van der Waals surface area contributed by atoms with Gasteiger partial charge in [-0.2, -0.15) is 5.26 Å². The second-order valence-corrected chi connectivity index (χ2v) is 4.62. The molecule has 0 spiro atoms. The fraction of sp³-hybridized carbons (Fsp3) is 0.286. The van der Waals surface area contributed by atoms with Crippen LogP contribution in [0.25, 0.3) is 10.9 Å². The number of halogens is 1. The van der Waals surface area contributed by atoms with Crippen molar-refractivity contribution in [1.82, 2.24) is 4.98 Å². The SMILES string of the molecule is COc1cc2ccc(CC(C)C#N)nc2cc1Cl. The molecule has 0 bridgehead atoms. The van der Waals surface area contributed by atoms with Crippen molar-refractivity contribution in [1.29, 1.82) is 5.26 Å². The Morgan fingerprint density at radius 1 is 1.44 bits per heavy atom. The van der Waals surface area contributed by atoms with E-state index in [2.05, 4.69) is 11.1 Å². The Morgan fingerprint density at radius 2 is 2.22 bits per heavy atom. The molecule has 3 nitrogen and oxygen atoms in total. The number of fused-ring (bicyclic) bond motifs is 1. The van der Waals surface area contributed by atoms with Crippen LogP contribution in [0.2, 0.25) is 5.02 Å². The van der Waals surface area contributed by atoms with Crippen LogP contribution in [-0.2, 0) is 6.42 Å². The molecule has 1 atom stereocenters. The Balaban J connectivity index is 2.43. The fourth-order valence-electron chi connectivity index (χ4n) is 1.80. The van der Waals surface area contributed by atoms with Crippen LogP contribution < -0.4 is 4.74 Å². The number of pyridine rings is 1. The van der Waals surface area contributed by atoms with Gasteiger partial charge in [-0.1, -0.05) is 17.7 Å². The van der Waals surface area contributed by atoms with E-state index in [-0.39, 0.29) is 5.92 Å². The van der Waals surface area contributed by atoms with Crippen LogP contribution in [0.5, 0.6) is 5.75 Å². The number of nitrogens with zero attached hydrogens (tertiary/aromatic N) is 2. The lowest BCUT2D eigenvalue weighted by Gasteiger charge is -2.07. The molecule has 4 heteroatoms. The third-order valence-corrected chi connectivity index (χ3v) is 3.05. The van der Waals surface area contributed by atoms with Gasteiger partial charge in [0.2, 0.25) is 0 Å². The van der Waals surface area contributed by atoms with Crippen LogP contribution in [0.4, 0.5) is 0 Å². The van der Waals surface area contributed by atoms with E-state index in [4.69, 9.17) is 21.6 Å². The number of benzene rings is 1. The van der Waals surface area contributed by atoms with Gasteiger partial charge in [-0.25, -0.2) is 0 Å². The summed E-state index contributed by atoms with van der Waals surface area (Å²) < 4.78 is 5.16. The van der Waals surface area contributed by atoms with Gasteiger partial charge in [-0.15, -0.1) is 0 Å². The predicted octanol–water partition coefficient (Wildman–Crippen LogP) is 3.60. The molecule has 0 aliphatic carbocycles. The molecule has 0 aliphatic heterocycles. The molecule has 2 rings (SSSR count). The monoisotopic (exact) mass is 260 g/mol. The molecular weight excluding hydrogens is 248 g/mol. The van der Waals surface area contributed by atoms with Crippen LogP contribution in [0, 0.1) is 17.2 Å². The third-order valence-electron chi connectivity index (χ3n) is 2.76. The molecule has 1 aromatic carbocycles. The first-order valence-electron chi connectivity index (χ1n) is 5.67. The van der Waals surface area contributed by atoms with Crippen LogP contribution in [0.1, 0.15) is 12.6 Å². The molecule has 2 aromatic rings. The van der Waals surface area contributed by atoms with Crippen molar-refractivity contribution in [3.63, 3.8) is 0 Å². The summed E-state index contributed by atoms with van der Waals surface area (Å²) in [7, 11) is 1.59. The number of aromatic nitrogens is 1. The normalized spacial score (nSPS) is 12.1. The van der Waals surface area contributed by atoms with Gasteiger partial charge in [0.05, 0.1) is 23.7 Å². The molecule has 0 radical (unpaired) electrons. The average molecular weight is 261 g/mol. The van der Waals surface area contributed by atoms with E-state index < -0.39 is 0 Å². The molecule has 0 saturated carbocycles. The first-order chi connectivity index (χ1) is 8.63. The van der Waals surface area contributed by atoms with Gasteiger partial charge in [0.25, 0.3) is 0 Å². The minimum absolute atomic E-state index is 0.0383. The molecular formula is C14H13ClN2O. The van der Waals surface area contributed by atoms with E-state index in [0.717, 1.165) is 16.6 Å². The van der Waals surface area contributed by atoms with E-state index in [0.29, 0.717) is 17.2 Å². The lowest BCUT2D eigenvalue weighted by atomic mass is 10.1. The quantitative estimate of drug-likeness (QED) is 0.847. The average Bonchev–Trinajstić information content (AvgIpc) is 2.37. The first kappa shape index (κ1) is 12.7. The largest absolute Gasteiger partial charge is 0.495 e. The van der Waals surface area contributed by atoms with Crippen molar-refractivity contribution in [2.24, 2.45) is 5.92 Å². The number of methoxy groups -OCH3 is 1. The molecule has 92 valence electrons. The number of rotatable bonds is 3. The van der Waals surface area contributed by atoms with E-state index in [1.165, 1.54) is 0 Å². The summed E-state index contributed by atoms with van der Waals surface area (Å²) in [6, 6.07) is 9.76. The van der Waals surface area contributed by atoms with E-state index in [1.54, 1.807) is 13.2 Å². The number of hydrogen-bond donors (Lipinski definition) is 0. The summed E-state index contributed by atoms with van der Waals surface area (Å²) in [5, 5.41) is 10.3. The number of ether oxygens (including phenoxy) is 1. The maximum absolute atomic E-state index is 8.81. The summed E-state index contributed by atoms with van der Waals surface area (Å²) in [5.41, 5.74) is 1.72. The molecule has 18 heavy (non-hydrogen) atoms. The second-order valence-electron chi connectivity index (χ2n) is 4.22. The highest BCUT2D eigenvalue weighted by Gasteiger charge is 2.07. The molecule has 0 fully saturated rings. The molecule has 0 amide bonds. The van der Waals surface area contributed by atoms with Crippen molar-refractivity contribution >= 4 is 22.5 Å². The molecule has 1 aromatic heterocycles. The second kappa shape index (κ2) is 5.24. The van der Waals surface area contributed by atoms with Gasteiger partial charge < -0.3 is 4.74 Å². The zero-order chi connectivity index (χ0) is 13.1. The van der Waals surface area contributed by atoms with Crippen molar-refractivity contribution in [2.45, 2.75) is 13.3 Å². The topological polar surface area (TPSA) is 45.9 Å². The van der Waals surface area contributed by atoms with Gasteiger partial charge in [-0.3, -0.25) is 4.98 Å². The highest BCUT2D eigenvalue weighted by atomic mass is 35.5. The van der Waals surface area contributed by atoms with Crippen molar-refractivity contribution in [3.05, 3.63) is 35.0 Å². The van der Waals surface area contributed by atoms with Crippen molar-refractivity contribution < 1.29 is 4.74 Å². The summed E-state index contributed by atoms with van der Waals surface area (Å²) in [5.74, 6) is 0.604. The molecule has 0 saturated heterocycles. The highest BCUT2D eigenvalue weighted by molar-refractivity contribution is 6.32. The highest BCUT2D eigenvalue weighted by Crippen LogP contribution is 2.29. The summed E-state index contributed by atoms with van der Waals surface area (Å²) >= 11 is 6.07. The van der Waals surface area contributed by atoms with Gasteiger partial charge in [0, 0.05) is 23.4 Å². The first-order valence-corrected chi connectivity index (χ1v) is 6.04. The Bertz CT molecular complexity index is 619. The summed E-state index contributed by atoms with van der Waals surface area (Å²) in [6.45, 7) is 1.88. The third kappa shape index (κ3) is 2.55. The standard InChI is InChI=1S/C14H13ClN2O/c1-9(8-16)5-11-4-3-10-6-14(18-2)12(15)7-13(10)17-11/h3-4,6-7,9H,5H2,1-2H3. The van der Waals surface area contributed by atoms with Crippen LogP contribution >= 0.6 is 11.6 Å². The summed E-state index contributed by atoms with van der Waals surface area (Å²) in [4.78, 5) is 4.51. The maximum atomic E-state index is 8.81. The Kier molecular flexibility index (Phi) is 3.69. The van der Waals surface area contributed by atoms with E-state index in [9.17, 15) is 0 Å². The maximum Gasteiger partial charge on any atom is 0.138 e. The van der Waals surface area contributed by atoms with Crippen LogP contribution in [0.3, 0.4) is 0 Å². The van der Waals surface area contributed by atoms with E-state index in [1.807, 2.05) is 25.1 Å². The predicted molar refractivity (Wildman–Crippen MR) is 71.8 cm³/mol. The minimum Gasteiger partial charge on any atom is -0.495 e. The lowest BCUT2D eigenvalue weighted by molar-refractivity contribution is 0.415. The number of hydrogen-bond acceptors (Lipinski definition) is 3.